The number of anilines is 1. The van der Waals surface area contributed by atoms with Crippen LogP contribution in [0.2, 0.25) is 0 Å². The Bertz CT molecular complexity index is 371. The zero-order chi connectivity index (χ0) is 13.4. The minimum Gasteiger partial charge on any atom is -0.383 e. The topological polar surface area (TPSA) is 68.2 Å². The van der Waals surface area contributed by atoms with Gasteiger partial charge in [0.05, 0.1) is 25.0 Å². The van der Waals surface area contributed by atoms with Gasteiger partial charge in [0, 0.05) is 19.9 Å². The van der Waals surface area contributed by atoms with Crippen molar-refractivity contribution < 1.29 is 18.3 Å². The molecule has 0 atom stereocenters. The summed E-state index contributed by atoms with van der Waals surface area (Å²) in [5.41, 5.74) is 0.397. The standard InChI is InChI=1S/C10H16F2N4O2/c1-18-3-2-13-5-10(17)15-8-4-14-16(6-8)7-9(11)12/h4,6,9,13H,2-3,5,7H2,1H3,(H,15,17). The van der Waals surface area contributed by atoms with E-state index < -0.39 is 13.0 Å². The molecule has 1 aromatic rings. The van der Waals surface area contributed by atoms with Crippen molar-refractivity contribution in [1.82, 2.24) is 15.1 Å². The molecule has 0 unspecified atom stereocenters. The Morgan fingerprint density at radius 3 is 3.06 bits per heavy atom. The fourth-order valence-electron chi connectivity index (χ4n) is 1.25. The summed E-state index contributed by atoms with van der Waals surface area (Å²) >= 11 is 0. The predicted octanol–water partition coefficient (Wildman–Crippen LogP) is 0.323. The van der Waals surface area contributed by atoms with Gasteiger partial charge in [-0.3, -0.25) is 9.48 Å². The van der Waals surface area contributed by atoms with E-state index >= 15 is 0 Å². The fourth-order valence-corrected chi connectivity index (χ4v) is 1.25. The molecule has 0 aliphatic heterocycles. The van der Waals surface area contributed by atoms with Gasteiger partial charge in [0.1, 0.15) is 6.54 Å². The lowest BCUT2D eigenvalue weighted by atomic mass is 10.5. The molecule has 0 fully saturated rings. The van der Waals surface area contributed by atoms with Gasteiger partial charge in [-0.05, 0) is 0 Å². The molecule has 0 bridgehead atoms. The van der Waals surface area contributed by atoms with Gasteiger partial charge in [-0.1, -0.05) is 0 Å². The van der Waals surface area contributed by atoms with Crippen LogP contribution in [0.4, 0.5) is 14.5 Å². The molecule has 0 radical (unpaired) electrons. The molecule has 0 aliphatic rings. The Morgan fingerprint density at radius 2 is 2.39 bits per heavy atom. The van der Waals surface area contributed by atoms with E-state index in [1.807, 2.05) is 0 Å². The van der Waals surface area contributed by atoms with Crippen molar-refractivity contribution in [1.29, 1.82) is 0 Å². The molecule has 0 saturated carbocycles. The molecule has 0 saturated heterocycles. The molecular formula is C10H16F2N4O2. The molecule has 1 amide bonds. The summed E-state index contributed by atoms with van der Waals surface area (Å²) in [6.07, 6.45) is 0.221. The number of ether oxygens (including phenoxy) is 1. The summed E-state index contributed by atoms with van der Waals surface area (Å²) in [6, 6.07) is 0. The molecule has 8 heteroatoms. The van der Waals surface area contributed by atoms with Crippen molar-refractivity contribution in [3.8, 4) is 0 Å². The number of alkyl halides is 2. The molecule has 0 aromatic carbocycles. The summed E-state index contributed by atoms with van der Waals surface area (Å²) in [5, 5.41) is 9.10. The Hall–Kier alpha value is -1.54. The number of methoxy groups -OCH3 is 1. The van der Waals surface area contributed by atoms with Gasteiger partial charge in [0.2, 0.25) is 5.91 Å². The highest BCUT2D eigenvalue weighted by Crippen LogP contribution is 2.06. The SMILES string of the molecule is COCCNCC(=O)Nc1cnn(CC(F)F)c1. The van der Waals surface area contributed by atoms with E-state index in [1.54, 1.807) is 7.11 Å². The molecule has 1 aromatic heterocycles. The minimum absolute atomic E-state index is 0.128. The van der Waals surface area contributed by atoms with Gasteiger partial charge in [0.15, 0.2) is 0 Å². The van der Waals surface area contributed by atoms with Crippen LogP contribution in [0, 0.1) is 0 Å². The second-order valence-electron chi connectivity index (χ2n) is 3.56. The van der Waals surface area contributed by atoms with Gasteiger partial charge in [0.25, 0.3) is 6.43 Å². The third kappa shape index (κ3) is 5.69. The lowest BCUT2D eigenvalue weighted by molar-refractivity contribution is -0.115. The van der Waals surface area contributed by atoms with E-state index in [0.29, 0.717) is 18.8 Å². The van der Waals surface area contributed by atoms with E-state index in [9.17, 15) is 13.6 Å². The van der Waals surface area contributed by atoms with Crippen LogP contribution in [0.15, 0.2) is 12.4 Å². The average molecular weight is 262 g/mol. The van der Waals surface area contributed by atoms with E-state index in [-0.39, 0.29) is 12.5 Å². The van der Waals surface area contributed by atoms with Crippen LogP contribution in [0.25, 0.3) is 0 Å². The summed E-state index contributed by atoms with van der Waals surface area (Å²) < 4.78 is 30.0. The van der Waals surface area contributed by atoms with Crippen molar-refractivity contribution in [2.24, 2.45) is 0 Å². The molecule has 102 valence electrons. The van der Waals surface area contributed by atoms with Gasteiger partial charge in [-0.2, -0.15) is 5.10 Å². The number of rotatable bonds is 8. The highest BCUT2D eigenvalue weighted by atomic mass is 19.3. The Balaban J connectivity index is 2.28. The zero-order valence-electron chi connectivity index (χ0n) is 10.0. The van der Waals surface area contributed by atoms with E-state index in [0.717, 1.165) is 4.68 Å². The number of halogens is 2. The van der Waals surface area contributed by atoms with E-state index in [4.69, 9.17) is 4.74 Å². The van der Waals surface area contributed by atoms with Gasteiger partial charge < -0.3 is 15.4 Å². The van der Waals surface area contributed by atoms with Crippen molar-refractivity contribution in [3.63, 3.8) is 0 Å². The van der Waals surface area contributed by atoms with Gasteiger partial charge in [-0.25, -0.2) is 8.78 Å². The first-order chi connectivity index (χ1) is 8.61. The number of aromatic nitrogens is 2. The number of nitrogens with zero attached hydrogens (tertiary/aromatic N) is 2. The summed E-state index contributed by atoms with van der Waals surface area (Å²) in [6.45, 7) is 0.722. The highest BCUT2D eigenvalue weighted by Gasteiger charge is 2.07. The second kappa shape index (κ2) is 7.72. The van der Waals surface area contributed by atoms with Crippen molar-refractivity contribution in [2.75, 3.05) is 32.1 Å². The molecule has 0 spiro atoms. The lowest BCUT2D eigenvalue weighted by Crippen LogP contribution is -2.30. The van der Waals surface area contributed by atoms with Crippen LogP contribution in [-0.4, -0.2) is 48.9 Å². The molecule has 1 rings (SSSR count). The van der Waals surface area contributed by atoms with Crippen LogP contribution in [0.5, 0.6) is 0 Å². The number of hydrogen-bond acceptors (Lipinski definition) is 4. The molecule has 0 aliphatic carbocycles. The molecule has 18 heavy (non-hydrogen) atoms. The summed E-state index contributed by atoms with van der Waals surface area (Å²) in [7, 11) is 1.57. The Kier molecular flexibility index (Phi) is 6.23. The van der Waals surface area contributed by atoms with Crippen molar-refractivity contribution in [2.45, 2.75) is 13.0 Å². The maximum atomic E-state index is 12.1. The van der Waals surface area contributed by atoms with E-state index in [1.165, 1.54) is 12.4 Å². The van der Waals surface area contributed by atoms with Crippen LogP contribution in [0.3, 0.4) is 0 Å². The third-order valence-corrected chi connectivity index (χ3v) is 2.01. The van der Waals surface area contributed by atoms with Crippen LogP contribution < -0.4 is 10.6 Å². The monoisotopic (exact) mass is 262 g/mol. The quantitative estimate of drug-likeness (QED) is 0.662. The molecule has 1 heterocycles. The first-order valence-electron chi connectivity index (χ1n) is 5.42. The van der Waals surface area contributed by atoms with Crippen LogP contribution in [0.1, 0.15) is 0 Å². The number of carbonyl (C=O) groups is 1. The maximum Gasteiger partial charge on any atom is 0.257 e. The highest BCUT2D eigenvalue weighted by molar-refractivity contribution is 5.91. The predicted molar refractivity (Wildman–Crippen MR) is 61.6 cm³/mol. The largest absolute Gasteiger partial charge is 0.383 e. The third-order valence-electron chi connectivity index (χ3n) is 2.01. The molecule has 2 N–H and O–H groups in total. The number of hydrogen-bond donors (Lipinski definition) is 2. The number of amides is 1. The van der Waals surface area contributed by atoms with E-state index in [2.05, 4.69) is 15.7 Å². The zero-order valence-corrected chi connectivity index (χ0v) is 10.0. The smallest absolute Gasteiger partial charge is 0.257 e. The van der Waals surface area contributed by atoms with Gasteiger partial charge >= 0.3 is 0 Å². The van der Waals surface area contributed by atoms with Crippen LogP contribution in [-0.2, 0) is 16.1 Å². The second-order valence-corrected chi connectivity index (χ2v) is 3.56. The normalized spacial score (nSPS) is 10.9. The number of carbonyl (C=O) groups excluding carboxylic acids is 1. The molecule has 6 nitrogen and oxygen atoms in total. The lowest BCUT2D eigenvalue weighted by Gasteiger charge is -2.04. The summed E-state index contributed by atoms with van der Waals surface area (Å²) in [4.78, 5) is 11.4. The average Bonchev–Trinajstić information content (AvgIpc) is 2.71. The minimum atomic E-state index is -2.47. The fraction of sp³-hybridized carbons (Fsp3) is 0.600. The first kappa shape index (κ1) is 14.5. The Morgan fingerprint density at radius 1 is 1.61 bits per heavy atom. The number of nitrogens with one attached hydrogen (secondary N) is 2. The Labute approximate surface area is 103 Å². The molecular weight excluding hydrogens is 246 g/mol. The first-order valence-corrected chi connectivity index (χ1v) is 5.42. The van der Waals surface area contributed by atoms with Gasteiger partial charge in [-0.15, -0.1) is 0 Å². The summed E-state index contributed by atoms with van der Waals surface area (Å²) in [5.74, 6) is -0.261. The van der Waals surface area contributed by atoms with Crippen molar-refractivity contribution in [3.05, 3.63) is 12.4 Å². The van der Waals surface area contributed by atoms with Crippen molar-refractivity contribution >= 4 is 11.6 Å². The maximum absolute atomic E-state index is 12.1. The van der Waals surface area contributed by atoms with Crippen LogP contribution >= 0.6 is 0 Å².